The first-order chi connectivity index (χ1) is 16.5. The maximum Gasteiger partial charge on any atom is 0.261 e. The predicted molar refractivity (Wildman–Crippen MR) is 128 cm³/mol. The fourth-order valence-corrected chi connectivity index (χ4v) is 4.59. The van der Waals surface area contributed by atoms with E-state index in [4.69, 9.17) is 16.3 Å². The Hall–Kier alpha value is -3.48. The van der Waals surface area contributed by atoms with Crippen LogP contribution < -0.4 is 5.32 Å². The van der Waals surface area contributed by atoms with Gasteiger partial charge in [0.1, 0.15) is 0 Å². The monoisotopic (exact) mass is 474 g/mol. The number of hydrogen-bond acceptors (Lipinski definition) is 4. The summed E-state index contributed by atoms with van der Waals surface area (Å²) in [7, 11) is 0. The minimum absolute atomic E-state index is 0.129. The maximum atomic E-state index is 13.2. The van der Waals surface area contributed by atoms with Crippen molar-refractivity contribution >= 4 is 29.3 Å². The number of ether oxygens (including phenoxy) is 1. The lowest BCUT2D eigenvalue weighted by atomic mass is 9.98. The first-order valence-corrected chi connectivity index (χ1v) is 11.6. The second-order valence-electron chi connectivity index (χ2n) is 8.49. The van der Waals surface area contributed by atoms with Gasteiger partial charge in [0.25, 0.3) is 17.7 Å². The predicted octanol–water partition coefficient (Wildman–Crippen LogP) is 4.63. The molecule has 34 heavy (non-hydrogen) atoms. The molecule has 172 valence electrons. The summed E-state index contributed by atoms with van der Waals surface area (Å²) < 4.78 is 5.59. The molecule has 1 N–H and O–H groups in total. The summed E-state index contributed by atoms with van der Waals surface area (Å²) in [6.45, 7) is 0.884. The van der Waals surface area contributed by atoms with Crippen LogP contribution in [0, 0.1) is 0 Å². The minimum Gasteiger partial charge on any atom is -0.376 e. The summed E-state index contributed by atoms with van der Waals surface area (Å²) >= 11 is 6.05. The van der Waals surface area contributed by atoms with Crippen molar-refractivity contribution in [3.8, 4) is 0 Å². The fraction of sp³-hybridized carbons (Fsp3) is 0.222. The van der Waals surface area contributed by atoms with E-state index in [9.17, 15) is 14.4 Å². The minimum atomic E-state index is -0.410. The van der Waals surface area contributed by atoms with E-state index < -0.39 is 6.04 Å². The van der Waals surface area contributed by atoms with Gasteiger partial charge >= 0.3 is 0 Å². The average molecular weight is 475 g/mol. The third-order valence-corrected chi connectivity index (χ3v) is 6.51. The molecule has 6 nitrogen and oxygen atoms in total. The first-order valence-electron chi connectivity index (χ1n) is 11.2. The van der Waals surface area contributed by atoms with Crippen LogP contribution in [0.2, 0.25) is 5.02 Å². The molecule has 2 heterocycles. The summed E-state index contributed by atoms with van der Waals surface area (Å²) in [5, 5.41) is 3.67. The van der Waals surface area contributed by atoms with E-state index in [1.54, 1.807) is 24.3 Å². The number of nitrogens with zero attached hydrogens (tertiary/aromatic N) is 1. The Morgan fingerprint density at radius 2 is 1.68 bits per heavy atom. The summed E-state index contributed by atoms with van der Waals surface area (Å²) in [5.41, 5.74) is 2.66. The molecule has 3 aromatic carbocycles. The smallest absolute Gasteiger partial charge is 0.261 e. The standard InChI is InChI=1S/C27H23ClN2O4/c28-20-11-8-18(9-12-20)24(17-5-2-1-3-6-17)29-25(31)19-10-13-22-23(15-19)27(33)30(26(22)32)16-21-7-4-14-34-21/h1-3,5-6,8-13,15,21,24H,4,7,14,16H2,(H,29,31)/t21-,24-/m1/s1. The Morgan fingerprint density at radius 3 is 2.38 bits per heavy atom. The van der Waals surface area contributed by atoms with Gasteiger partial charge in [0.2, 0.25) is 0 Å². The van der Waals surface area contributed by atoms with Crippen LogP contribution in [0.15, 0.2) is 72.8 Å². The van der Waals surface area contributed by atoms with Crippen LogP contribution in [0.25, 0.3) is 0 Å². The van der Waals surface area contributed by atoms with Gasteiger partial charge in [-0.15, -0.1) is 0 Å². The molecule has 0 aromatic heterocycles. The highest BCUT2D eigenvalue weighted by Gasteiger charge is 2.38. The van der Waals surface area contributed by atoms with Crippen LogP contribution in [0.1, 0.15) is 61.1 Å². The van der Waals surface area contributed by atoms with Crippen molar-refractivity contribution in [1.82, 2.24) is 10.2 Å². The molecule has 3 aromatic rings. The van der Waals surface area contributed by atoms with Gasteiger partial charge < -0.3 is 10.1 Å². The van der Waals surface area contributed by atoms with Crippen molar-refractivity contribution < 1.29 is 19.1 Å². The first kappa shape index (κ1) is 22.3. The molecule has 0 saturated carbocycles. The molecular formula is C27H23ClN2O4. The number of imide groups is 1. The molecule has 2 atom stereocenters. The van der Waals surface area contributed by atoms with Crippen molar-refractivity contribution in [1.29, 1.82) is 0 Å². The van der Waals surface area contributed by atoms with E-state index in [-0.39, 0.29) is 35.9 Å². The quantitative estimate of drug-likeness (QED) is 0.528. The Labute approximate surface area is 202 Å². The molecule has 0 unspecified atom stereocenters. The van der Waals surface area contributed by atoms with E-state index in [1.807, 2.05) is 42.5 Å². The van der Waals surface area contributed by atoms with E-state index in [1.165, 1.54) is 11.0 Å². The molecule has 3 amide bonds. The van der Waals surface area contributed by atoms with Gasteiger partial charge in [-0.25, -0.2) is 0 Å². The van der Waals surface area contributed by atoms with Gasteiger partial charge in [0, 0.05) is 17.2 Å². The van der Waals surface area contributed by atoms with Crippen LogP contribution in [0.3, 0.4) is 0 Å². The molecule has 2 aliphatic heterocycles. The van der Waals surface area contributed by atoms with Crippen LogP contribution >= 0.6 is 11.6 Å². The number of carbonyl (C=O) groups excluding carboxylic acids is 3. The molecule has 5 rings (SSSR count). The number of carbonyl (C=O) groups is 3. The summed E-state index contributed by atoms with van der Waals surface area (Å²) in [6.07, 6.45) is 1.62. The number of hydrogen-bond donors (Lipinski definition) is 1. The van der Waals surface area contributed by atoms with E-state index in [0.717, 1.165) is 24.0 Å². The number of fused-ring (bicyclic) bond motifs is 1. The van der Waals surface area contributed by atoms with Gasteiger partial charge in [-0.2, -0.15) is 0 Å². The molecule has 0 radical (unpaired) electrons. The number of amides is 3. The Balaban J connectivity index is 1.39. The molecule has 2 aliphatic rings. The number of benzene rings is 3. The maximum absolute atomic E-state index is 13.2. The van der Waals surface area contributed by atoms with Gasteiger partial charge in [0.05, 0.1) is 29.8 Å². The van der Waals surface area contributed by atoms with Crippen molar-refractivity contribution in [3.05, 3.63) is 106 Å². The second kappa shape index (κ2) is 9.41. The van der Waals surface area contributed by atoms with Gasteiger partial charge in [-0.1, -0.05) is 54.1 Å². The van der Waals surface area contributed by atoms with Gasteiger partial charge in [-0.05, 0) is 54.3 Å². The Bertz CT molecular complexity index is 1240. The van der Waals surface area contributed by atoms with Crippen molar-refractivity contribution in [2.45, 2.75) is 25.0 Å². The van der Waals surface area contributed by atoms with Crippen molar-refractivity contribution in [2.24, 2.45) is 0 Å². The number of halogens is 1. The van der Waals surface area contributed by atoms with E-state index in [2.05, 4.69) is 5.32 Å². The van der Waals surface area contributed by atoms with Crippen LogP contribution in [0.4, 0.5) is 0 Å². The third kappa shape index (κ3) is 4.34. The van der Waals surface area contributed by atoms with E-state index in [0.29, 0.717) is 22.8 Å². The number of nitrogens with one attached hydrogen (secondary N) is 1. The summed E-state index contributed by atoms with van der Waals surface area (Å²) in [5.74, 6) is -1.07. The van der Waals surface area contributed by atoms with Gasteiger partial charge in [0.15, 0.2) is 0 Å². The lowest BCUT2D eigenvalue weighted by Crippen LogP contribution is -2.36. The highest BCUT2D eigenvalue weighted by molar-refractivity contribution is 6.30. The van der Waals surface area contributed by atoms with Crippen molar-refractivity contribution in [2.75, 3.05) is 13.2 Å². The zero-order valence-corrected chi connectivity index (χ0v) is 19.1. The molecular weight excluding hydrogens is 452 g/mol. The highest BCUT2D eigenvalue weighted by atomic mass is 35.5. The zero-order valence-electron chi connectivity index (χ0n) is 18.4. The zero-order chi connectivity index (χ0) is 23.7. The van der Waals surface area contributed by atoms with E-state index >= 15 is 0 Å². The molecule has 0 bridgehead atoms. The lowest BCUT2D eigenvalue weighted by Gasteiger charge is -2.20. The topological polar surface area (TPSA) is 75.7 Å². The lowest BCUT2D eigenvalue weighted by molar-refractivity contribution is 0.0475. The van der Waals surface area contributed by atoms with Crippen LogP contribution in [-0.2, 0) is 4.74 Å². The Morgan fingerprint density at radius 1 is 0.971 bits per heavy atom. The fourth-order valence-electron chi connectivity index (χ4n) is 4.46. The molecule has 0 aliphatic carbocycles. The third-order valence-electron chi connectivity index (χ3n) is 6.25. The van der Waals surface area contributed by atoms with Gasteiger partial charge in [-0.3, -0.25) is 19.3 Å². The SMILES string of the molecule is O=C(N[C@H](c1ccccc1)c1ccc(Cl)cc1)c1ccc2c(c1)C(=O)N(C[C@H]1CCCO1)C2=O. The molecule has 1 fully saturated rings. The molecule has 7 heteroatoms. The van der Waals surface area contributed by atoms with Crippen LogP contribution in [0.5, 0.6) is 0 Å². The summed E-state index contributed by atoms with van der Waals surface area (Å²) in [6, 6.07) is 21.1. The number of rotatable bonds is 6. The largest absolute Gasteiger partial charge is 0.376 e. The van der Waals surface area contributed by atoms with Crippen LogP contribution in [-0.4, -0.2) is 41.9 Å². The van der Waals surface area contributed by atoms with Crippen molar-refractivity contribution in [3.63, 3.8) is 0 Å². The highest BCUT2D eigenvalue weighted by Crippen LogP contribution is 2.28. The molecule has 0 spiro atoms. The molecule has 1 saturated heterocycles. The normalized spacial score (nSPS) is 18.1. The summed E-state index contributed by atoms with van der Waals surface area (Å²) in [4.78, 5) is 40.2. The average Bonchev–Trinajstić information content (AvgIpc) is 3.46. The second-order valence-corrected chi connectivity index (χ2v) is 8.92. The Kier molecular flexibility index (Phi) is 6.18.